The Morgan fingerprint density at radius 3 is 2.64 bits per heavy atom. The average molecular weight is 443 g/mol. The van der Waals surface area contributed by atoms with Crippen LogP contribution < -0.4 is 5.32 Å². The lowest BCUT2D eigenvalue weighted by Crippen LogP contribution is -2.25. The molecule has 33 heavy (non-hydrogen) atoms. The van der Waals surface area contributed by atoms with Crippen LogP contribution in [-0.2, 0) is 11.2 Å². The molecule has 0 aliphatic carbocycles. The van der Waals surface area contributed by atoms with Crippen molar-refractivity contribution in [3.63, 3.8) is 0 Å². The Kier molecular flexibility index (Phi) is 7.15. The number of carbonyl (C=O) groups is 1. The summed E-state index contributed by atoms with van der Waals surface area (Å²) in [6.45, 7) is 8.02. The Morgan fingerprint density at radius 1 is 1.09 bits per heavy atom. The topological polar surface area (TPSA) is 69.0 Å². The maximum atomic E-state index is 13.0. The molecular weight excluding hydrogens is 412 g/mol. The Morgan fingerprint density at radius 2 is 1.88 bits per heavy atom. The van der Waals surface area contributed by atoms with Gasteiger partial charge >= 0.3 is 0 Å². The van der Waals surface area contributed by atoms with E-state index in [4.69, 9.17) is 9.72 Å². The van der Waals surface area contributed by atoms with E-state index in [-0.39, 0.29) is 5.91 Å². The fourth-order valence-corrected chi connectivity index (χ4v) is 3.91. The molecule has 2 heterocycles. The third-order valence-corrected chi connectivity index (χ3v) is 5.79. The maximum absolute atomic E-state index is 13.0. The molecule has 0 aliphatic heterocycles. The Bertz CT molecular complexity index is 1240. The van der Waals surface area contributed by atoms with Gasteiger partial charge in [0, 0.05) is 30.7 Å². The van der Waals surface area contributed by atoms with Crippen LogP contribution in [0.4, 0.5) is 0 Å². The van der Waals surface area contributed by atoms with E-state index in [1.807, 2.05) is 55.1 Å². The second kappa shape index (κ2) is 10.4. The van der Waals surface area contributed by atoms with Crippen molar-refractivity contribution in [1.29, 1.82) is 0 Å². The number of fused-ring (bicyclic) bond motifs is 1. The SMILES string of the molecule is CCOCCCNC(=O)c1cc(-c2cnn(-c3ccc(CC)cc3)c2C)nc2ccccc12. The lowest BCUT2D eigenvalue weighted by molar-refractivity contribution is 0.0946. The molecule has 2 aromatic heterocycles. The van der Waals surface area contributed by atoms with E-state index in [1.165, 1.54) is 5.56 Å². The number of aromatic nitrogens is 3. The second-order valence-corrected chi connectivity index (χ2v) is 7.95. The van der Waals surface area contributed by atoms with Gasteiger partial charge in [-0.1, -0.05) is 37.3 Å². The van der Waals surface area contributed by atoms with Gasteiger partial charge in [0.15, 0.2) is 0 Å². The van der Waals surface area contributed by atoms with Crippen molar-refractivity contribution in [2.45, 2.75) is 33.6 Å². The highest BCUT2D eigenvalue weighted by molar-refractivity contribution is 6.07. The van der Waals surface area contributed by atoms with Gasteiger partial charge in [-0.05, 0) is 56.5 Å². The molecule has 4 rings (SSSR count). The van der Waals surface area contributed by atoms with Crippen molar-refractivity contribution in [2.24, 2.45) is 0 Å². The van der Waals surface area contributed by atoms with Gasteiger partial charge < -0.3 is 10.1 Å². The molecule has 0 saturated heterocycles. The summed E-state index contributed by atoms with van der Waals surface area (Å²) in [4.78, 5) is 17.9. The minimum absolute atomic E-state index is 0.105. The number of pyridine rings is 1. The van der Waals surface area contributed by atoms with Crippen LogP contribution in [0.3, 0.4) is 0 Å². The standard InChI is InChI=1S/C27H30N4O2/c1-4-20-11-13-21(14-12-20)31-19(3)24(18-29-31)26-17-23(22-9-6-7-10-25(22)30-26)27(32)28-15-8-16-33-5-2/h6-7,9-14,17-18H,4-5,8,15-16H2,1-3H3,(H,28,32). The number of carbonyl (C=O) groups excluding carboxylic acids is 1. The van der Waals surface area contributed by atoms with Gasteiger partial charge in [0.05, 0.1) is 34.4 Å². The third kappa shape index (κ3) is 4.96. The molecule has 0 spiro atoms. The number of hydrogen-bond acceptors (Lipinski definition) is 4. The van der Waals surface area contributed by atoms with Gasteiger partial charge in [0.25, 0.3) is 5.91 Å². The molecule has 170 valence electrons. The first kappa shape index (κ1) is 22.7. The Hall–Kier alpha value is -3.51. The Labute approximate surface area is 194 Å². The molecule has 0 saturated carbocycles. The van der Waals surface area contributed by atoms with Crippen molar-refractivity contribution in [2.75, 3.05) is 19.8 Å². The first-order chi connectivity index (χ1) is 16.1. The molecule has 0 unspecified atom stereocenters. The number of amides is 1. The zero-order chi connectivity index (χ0) is 23.2. The monoisotopic (exact) mass is 442 g/mol. The number of ether oxygens (including phenoxy) is 1. The highest BCUT2D eigenvalue weighted by Crippen LogP contribution is 2.28. The van der Waals surface area contributed by atoms with Crippen LogP contribution in [-0.4, -0.2) is 40.4 Å². The lowest BCUT2D eigenvalue weighted by atomic mass is 10.0. The van der Waals surface area contributed by atoms with Crippen molar-refractivity contribution in [1.82, 2.24) is 20.1 Å². The maximum Gasteiger partial charge on any atom is 0.252 e. The number of aryl methyl sites for hydroxylation is 1. The number of hydrogen-bond donors (Lipinski definition) is 1. The highest BCUT2D eigenvalue weighted by atomic mass is 16.5. The number of para-hydroxylation sites is 1. The van der Waals surface area contributed by atoms with Gasteiger partial charge in [-0.2, -0.15) is 5.10 Å². The molecule has 0 fully saturated rings. The lowest BCUT2D eigenvalue weighted by Gasteiger charge is -2.11. The predicted molar refractivity (Wildman–Crippen MR) is 132 cm³/mol. The van der Waals surface area contributed by atoms with Crippen molar-refractivity contribution in [3.05, 3.63) is 77.6 Å². The summed E-state index contributed by atoms with van der Waals surface area (Å²) in [6, 6.07) is 18.0. The van der Waals surface area contributed by atoms with E-state index < -0.39 is 0 Å². The minimum atomic E-state index is -0.105. The molecule has 2 aromatic carbocycles. The van der Waals surface area contributed by atoms with E-state index in [1.54, 1.807) is 0 Å². The third-order valence-electron chi connectivity index (χ3n) is 5.79. The molecular formula is C27H30N4O2. The fraction of sp³-hybridized carbons (Fsp3) is 0.296. The first-order valence-electron chi connectivity index (χ1n) is 11.5. The zero-order valence-corrected chi connectivity index (χ0v) is 19.5. The van der Waals surface area contributed by atoms with Crippen LogP contribution in [0.2, 0.25) is 0 Å². The predicted octanol–water partition coefficient (Wildman–Crippen LogP) is 5.11. The van der Waals surface area contributed by atoms with E-state index in [9.17, 15) is 4.79 Å². The van der Waals surface area contributed by atoms with Gasteiger partial charge in [0.1, 0.15) is 0 Å². The highest BCUT2D eigenvalue weighted by Gasteiger charge is 2.17. The summed E-state index contributed by atoms with van der Waals surface area (Å²) in [6.07, 6.45) is 3.60. The van der Waals surface area contributed by atoms with Crippen molar-refractivity contribution >= 4 is 16.8 Å². The molecule has 6 heteroatoms. The zero-order valence-electron chi connectivity index (χ0n) is 19.5. The van der Waals surface area contributed by atoms with E-state index in [0.29, 0.717) is 25.3 Å². The largest absolute Gasteiger partial charge is 0.382 e. The molecule has 1 amide bonds. The molecule has 0 radical (unpaired) electrons. The number of benzene rings is 2. The summed E-state index contributed by atoms with van der Waals surface area (Å²) < 4.78 is 7.28. The van der Waals surface area contributed by atoms with Crippen LogP contribution in [0.1, 0.15) is 41.9 Å². The summed E-state index contributed by atoms with van der Waals surface area (Å²) in [7, 11) is 0. The number of nitrogens with one attached hydrogen (secondary N) is 1. The van der Waals surface area contributed by atoms with E-state index in [2.05, 4.69) is 41.6 Å². The molecule has 0 atom stereocenters. The fourth-order valence-electron chi connectivity index (χ4n) is 3.91. The van der Waals surface area contributed by atoms with E-state index >= 15 is 0 Å². The molecule has 4 aromatic rings. The molecule has 0 bridgehead atoms. The first-order valence-corrected chi connectivity index (χ1v) is 11.5. The average Bonchev–Trinajstić information content (AvgIpc) is 3.24. The van der Waals surface area contributed by atoms with Crippen LogP contribution >= 0.6 is 0 Å². The summed E-state index contributed by atoms with van der Waals surface area (Å²) in [5.74, 6) is -0.105. The molecule has 1 N–H and O–H groups in total. The quantitative estimate of drug-likeness (QED) is 0.366. The summed E-state index contributed by atoms with van der Waals surface area (Å²) in [5.41, 5.74) is 6.32. The van der Waals surface area contributed by atoms with Crippen LogP contribution in [0, 0.1) is 6.92 Å². The second-order valence-electron chi connectivity index (χ2n) is 7.95. The summed E-state index contributed by atoms with van der Waals surface area (Å²) >= 11 is 0. The van der Waals surface area contributed by atoms with Gasteiger partial charge in [-0.25, -0.2) is 9.67 Å². The Balaban J connectivity index is 1.67. The number of nitrogens with zero attached hydrogens (tertiary/aromatic N) is 3. The number of rotatable bonds is 9. The van der Waals surface area contributed by atoms with Gasteiger partial charge in [-0.15, -0.1) is 0 Å². The van der Waals surface area contributed by atoms with Crippen LogP contribution in [0.5, 0.6) is 0 Å². The van der Waals surface area contributed by atoms with Crippen LogP contribution in [0.15, 0.2) is 60.8 Å². The van der Waals surface area contributed by atoms with Gasteiger partial charge in [0.2, 0.25) is 0 Å². The van der Waals surface area contributed by atoms with E-state index in [0.717, 1.165) is 46.4 Å². The van der Waals surface area contributed by atoms with Gasteiger partial charge in [-0.3, -0.25) is 4.79 Å². The molecule has 0 aliphatic rings. The van der Waals surface area contributed by atoms with Crippen molar-refractivity contribution in [3.8, 4) is 16.9 Å². The normalized spacial score (nSPS) is 11.1. The smallest absolute Gasteiger partial charge is 0.252 e. The minimum Gasteiger partial charge on any atom is -0.382 e. The van der Waals surface area contributed by atoms with Crippen molar-refractivity contribution < 1.29 is 9.53 Å². The van der Waals surface area contributed by atoms with Crippen LogP contribution in [0.25, 0.3) is 27.8 Å². The summed E-state index contributed by atoms with van der Waals surface area (Å²) in [5, 5.41) is 8.47. The molecule has 6 nitrogen and oxygen atoms in total.